The summed E-state index contributed by atoms with van der Waals surface area (Å²) in [7, 11) is 0. The number of unbranched alkanes of at least 4 members (excludes halogenated alkanes) is 3. The maximum absolute atomic E-state index is 3.08. The van der Waals surface area contributed by atoms with Gasteiger partial charge in [0, 0.05) is 12.0 Å². The summed E-state index contributed by atoms with van der Waals surface area (Å²) in [5.74, 6) is 11.9. The minimum absolute atomic E-state index is 0.969. The summed E-state index contributed by atoms with van der Waals surface area (Å²) in [4.78, 5) is 0. The third-order valence-electron chi connectivity index (χ3n) is 2.31. The van der Waals surface area contributed by atoms with Gasteiger partial charge in [0.15, 0.2) is 0 Å². The Hall–Kier alpha value is -1.66. The zero-order valence-electron chi connectivity index (χ0n) is 10.1. The fraction of sp³-hybridized carbons (Fsp3) is 0.375. The number of hydrogen-bond acceptors (Lipinski definition) is 0. The molecule has 0 nitrogen and oxygen atoms in total. The summed E-state index contributed by atoms with van der Waals surface area (Å²) in [6, 6.07) is 8.19. The monoisotopic (exact) mass is 210 g/mol. The Morgan fingerprint density at radius 3 is 2.44 bits per heavy atom. The molecule has 0 aliphatic heterocycles. The smallest absolute Gasteiger partial charge is 0.0255 e. The molecule has 0 atom stereocenters. The van der Waals surface area contributed by atoms with Crippen LogP contribution in [0, 0.1) is 30.6 Å². The van der Waals surface area contributed by atoms with Gasteiger partial charge in [-0.3, -0.25) is 0 Å². The van der Waals surface area contributed by atoms with Crippen LogP contribution in [0.25, 0.3) is 0 Å². The highest BCUT2D eigenvalue weighted by atomic mass is 13.9. The van der Waals surface area contributed by atoms with Gasteiger partial charge >= 0.3 is 0 Å². The molecule has 0 N–H and O–H groups in total. The minimum atomic E-state index is 0.969. The van der Waals surface area contributed by atoms with Crippen molar-refractivity contribution in [1.82, 2.24) is 0 Å². The molecule has 0 amide bonds. The van der Waals surface area contributed by atoms with Gasteiger partial charge in [0.2, 0.25) is 0 Å². The Labute approximate surface area is 99.1 Å². The molecule has 0 heteroatoms. The van der Waals surface area contributed by atoms with Crippen LogP contribution in [0.2, 0.25) is 0 Å². The molecular formula is C16H18. The molecule has 0 saturated heterocycles. The lowest BCUT2D eigenvalue weighted by Crippen LogP contribution is -1.74. The quantitative estimate of drug-likeness (QED) is 0.524. The lowest BCUT2D eigenvalue weighted by Gasteiger charge is -1.90. The number of aryl methyl sites for hydroxylation is 1. The SMILES string of the molecule is CCCCCC#CC#Cc1ccc(C)cc1. The van der Waals surface area contributed by atoms with Crippen LogP contribution in [0.15, 0.2) is 24.3 Å². The van der Waals surface area contributed by atoms with Crippen LogP contribution < -0.4 is 0 Å². The van der Waals surface area contributed by atoms with Gasteiger partial charge in [-0.15, -0.1) is 0 Å². The zero-order valence-corrected chi connectivity index (χ0v) is 10.1. The van der Waals surface area contributed by atoms with Gasteiger partial charge in [-0.2, -0.15) is 0 Å². The van der Waals surface area contributed by atoms with E-state index in [0.29, 0.717) is 0 Å². The van der Waals surface area contributed by atoms with E-state index in [1.807, 2.05) is 12.1 Å². The molecule has 0 saturated carbocycles. The van der Waals surface area contributed by atoms with E-state index in [1.54, 1.807) is 0 Å². The summed E-state index contributed by atoms with van der Waals surface area (Å²) in [6.45, 7) is 4.27. The molecule has 1 aromatic rings. The van der Waals surface area contributed by atoms with E-state index in [1.165, 1.54) is 24.8 Å². The van der Waals surface area contributed by atoms with Gasteiger partial charge in [-0.05, 0) is 37.3 Å². The van der Waals surface area contributed by atoms with Crippen molar-refractivity contribution >= 4 is 0 Å². The lowest BCUT2D eigenvalue weighted by molar-refractivity contribution is 0.737. The van der Waals surface area contributed by atoms with Crippen LogP contribution in [0.5, 0.6) is 0 Å². The third kappa shape index (κ3) is 5.28. The number of hydrogen-bond donors (Lipinski definition) is 0. The topological polar surface area (TPSA) is 0 Å². The third-order valence-corrected chi connectivity index (χ3v) is 2.31. The molecule has 82 valence electrons. The van der Waals surface area contributed by atoms with Crippen molar-refractivity contribution in [2.45, 2.75) is 39.5 Å². The van der Waals surface area contributed by atoms with Gasteiger partial charge in [-0.25, -0.2) is 0 Å². The summed E-state index contributed by atoms with van der Waals surface area (Å²) < 4.78 is 0. The van der Waals surface area contributed by atoms with Gasteiger partial charge in [-0.1, -0.05) is 49.3 Å². The fourth-order valence-electron chi connectivity index (χ4n) is 1.31. The molecule has 0 fully saturated rings. The second-order valence-electron chi connectivity index (χ2n) is 3.87. The predicted molar refractivity (Wildman–Crippen MR) is 70.0 cm³/mol. The standard InChI is InChI=1S/C16H18/c1-3-4-5-6-7-8-9-10-16-13-11-15(2)12-14-16/h11-14H,3-6H2,1-2H3. The van der Waals surface area contributed by atoms with E-state index in [2.05, 4.69) is 49.7 Å². The van der Waals surface area contributed by atoms with Crippen molar-refractivity contribution in [3.8, 4) is 23.7 Å². The van der Waals surface area contributed by atoms with Crippen molar-refractivity contribution in [1.29, 1.82) is 0 Å². The van der Waals surface area contributed by atoms with Gasteiger partial charge in [0.1, 0.15) is 0 Å². The van der Waals surface area contributed by atoms with Crippen molar-refractivity contribution < 1.29 is 0 Å². The van der Waals surface area contributed by atoms with E-state index in [0.717, 1.165) is 12.0 Å². The first kappa shape index (κ1) is 12.4. The Bertz CT molecular complexity index is 415. The second kappa shape index (κ2) is 7.61. The van der Waals surface area contributed by atoms with E-state index in [-0.39, 0.29) is 0 Å². The summed E-state index contributed by atoms with van der Waals surface area (Å²) in [5.41, 5.74) is 2.30. The summed E-state index contributed by atoms with van der Waals surface area (Å²) >= 11 is 0. The molecule has 0 spiro atoms. The van der Waals surface area contributed by atoms with Crippen LogP contribution in [0.3, 0.4) is 0 Å². The Morgan fingerprint density at radius 1 is 1.00 bits per heavy atom. The average Bonchev–Trinajstić information content (AvgIpc) is 2.30. The molecule has 0 heterocycles. The van der Waals surface area contributed by atoms with Gasteiger partial charge < -0.3 is 0 Å². The Balaban J connectivity index is 2.39. The van der Waals surface area contributed by atoms with Crippen molar-refractivity contribution in [2.75, 3.05) is 0 Å². The summed E-state index contributed by atoms with van der Waals surface area (Å²) in [6.07, 6.45) is 4.67. The highest BCUT2D eigenvalue weighted by Gasteiger charge is 1.84. The van der Waals surface area contributed by atoms with E-state index in [9.17, 15) is 0 Å². The van der Waals surface area contributed by atoms with Gasteiger partial charge in [0.05, 0.1) is 0 Å². The normalized spacial score (nSPS) is 8.62. The molecule has 1 aromatic carbocycles. The first-order chi connectivity index (χ1) is 7.83. The van der Waals surface area contributed by atoms with Crippen LogP contribution in [0.4, 0.5) is 0 Å². The van der Waals surface area contributed by atoms with Gasteiger partial charge in [0.25, 0.3) is 0 Å². The second-order valence-corrected chi connectivity index (χ2v) is 3.87. The zero-order chi connectivity index (χ0) is 11.6. The Kier molecular flexibility index (Phi) is 5.90. The van der Waals surface area contributed by atoms with Crippen LogP contribution in [0.1, 0.15) is 43.7 Å². The maximum Gasteiger partial charge on any atom is 0.0255 e. The van der Waals surface area contributed by atoms with E-state index < -0.39 is 0 Å². The first-order valence-corrected chi connectivity index (χ1v) is 5.88. The molecule has 0 bridgehead atoms. The molecule has 0 unspecified atom stereocenters. The van der Waals surface area contributed by atoms with Crippen molar-refractivity contribution in [3.63, 3.8) is 0 Å². The van der Waals surface area contributed by atoms with Crippen LogP contribution >= 0.6 is 0 Å². The average molecular weight is 210 g/mol. The lowest BCUT2D eigenvalue weighted by atomic mass is 10.1. The largest absolute Gasteiger partial charge is 0.0891 e. The molecule has 0 radical (unpaired) electrons. The molecular weight excluding hydrogens is 192 g/mol. The molecule has 0 aliphatic carbocycles. The number of benzene rings is 1. The fourth-order valence-corrected chi connectivity index (χ4v) is 1.31. The highest BCUT2D eigenvalue weighted by molar-refractivity contribution is 5.40. The predicted octanol–water partition coefficient (Wildman–Crippen LogP) is 3.93. The van der Waals surface area contributed by atoms with Crippen LogP contribution in [-0.4, -0.2) is 0 Å². The minimum Gasteiger partial charge on any atom is -0.0891 e. The van der Waals surface area contributed by atoms with Crippen molar-refractivity contribution in [3.05, 3.63) is 35.4 Å². The summed E-state index contributed by atoms with van der Waals surface area (Å²) in [5, 5.41) is 0. The first-order valence-electron chi connectivity index (χ1n) is 5.88. The maximum atomic E-state index is 3.08. The van der Waals surface area contributed by atoms with Crippen LogP contribution in [-0.2, 0) is 0 Å². The highest BCUT2D eigenvalue weighted by Crippen LogP contribution is 2.00. The molecule has 16 heavy (non-hydrogen) atoms. The molecule has 1 rings (SSSR count). The number of rotatable bonds is 3. The van der Waals surface area contributed by atoms with Crippen molar-refractivity contribution in [2.24, 2.45) is 0 Å². The van der Waals surface area contributed by atoms with E-state index in [4.69, 9.17) is 0 Å². The van der Waals surface area contributed by atoms with E-state index >= 15 is 0 Å². The Morgan fingerprint density at radius 2 is 1.75 bits per heavy atom. The molecule has 0 aliphatic rings. The molecule has 0 aromatic heterocycles.